The molecule has 0 heterocycles. The van der Waals surface area contributed by atoms with Gasteiger partial charge in [-0.3, -0.25) is 4.79 Å². The quantitative estimate of drug-likeness (QED) is 0.858. The largest absolute Gasteiger partial charge is 0.444 e. The van der Waals surface area contributed by atoms with Crippen LogP contribution in [0.4, 0.5) is 4.79 Å². The molecule has 2 rings (SSSR count). The number of ether oxygens (including phenoxy) is 1. The summed E-state index contributed by atoms with van der Waals surface area (Å²) in [6.07, 6.45) is 7.16. The number of alkyl carbamates (subject to hydrolysis) is 1. The van der Waals surface area contributed by atoms with E-state index in [0.717, 1.165) is 38.5 Å². The van der Waals surface area contributed by atoms with Crippen LogP contribution in [0.1, 0.15) is 65.7 Å². The molecule has 0 unspecified atom stereocenters. The van der Waals surface area contributed by atoms with Gasteiger partial charge in [-0.15, -0.1) is 0 Å². The molecule has 114 valence electrons. The Morgan fingerprint density at radius 2 is 1.65 bits per heavy atom. The first kappa shape index (κ1) is 15.3. The van der Waals surface area contributed by atoms with Crippen molar-refractivity contribution >= 4 is 11.9 Å². The topological polar surface area (TPSA) is 55.4 Å². The third-order valence-corrected chi connectivity index (χ3v) is 4.08. The minimum atomic E-state index is -0.524. The van der Waals surface area contributed by atoms with Crippen molar-refractivity contribution in [1.29, 1.82) is 0 Å². The summed E-state index contributed by atoms with van der Waals surface area (Å²) in [7, 11) is 0. The van der Waals surface area contributed by atoms with Gasteiger partial charge in [0.25, 0.3) is 0 Å². The summed E-state index contributed by atoms with van der Waals surface area (Å²) in [5.74, 6) is 0.698. The Morgan fingerprint density at radius 3 is 2.15 bits per heavy atom. The monoisotopic (exact) mass is 281 g/mol. The molecule has 2 aliphatic rings. The van der Waals surface area contributed by atoms with Crippen molar-refractivity contribution in [1.82, 2.24) is 5.32 Å². The van der Waals surface area contributed by atoms with Crippen LogP contribution < -0.4 is 5.32 Å². The SMILES string of the molecule is CC(C)(C)OC(=O)N[C@H](C(=O)C1CC1)C1CCCCC1. The van der Waals surface area contributed by atoms with E-state index in [1.165, 1.54) is 6.42 Å². The zero-order chi connectivity index (χ0) is 14.8. The smallest absolute Gasteiger partial charge is 0.408 e. The number of rotatable bonds is 4. The van der Waals surface area contributed by atoms with Gasteiger partial charge >= 0.3 is 6.09 Å². The third kappa shape index (κ3) is 4.50. The van der Waals surface area contributed by atoms with E-state index in [9.17, 15) is 9.59 Å². The Bertz CT molecular complexity index is 362. The Balaban J connectivity index is 1.98. The van der Waals surface area contributed by atoms with Crippen LogP contribution in [0.25, 0.3) is 0 Å². The third-order valence-electron chi connectivity index (χ3n) is 4.08. The van der Waals surface area contributed by atoms with Gasteiger partial charge in [0.2, 0.25) is 0 Å². The van der Waals surface area contributed by atoms with Gasteiger partial charge in [-0.2, -0.15) is 0 Å². The molecule has 1 amide bonds. The molecule has 1 N–H and O–H groups in total. The number of hydrogen-bond donors (Lipinski definition) is 1. The molecule has 2 aliphatic carbocycles. The van der Waals surface area contributed by atoms with Crippen LogP contribution in [0, 0.1) is 11.8 Å². The first-order valence-electron chi connectivity index (χ1n) is 7.90. The molecule has 4 heteroatoms. The van der Waals surface area contributed by atoms with Crippen LogP contribution in [-0.2, 0) is 9.53 Å². The van der Waals surface area contributed by atoms with Gasteiger partial charge in [-0.05, 0) is 52.4 Å². The lowest BCUT2D eigenvalue weighted by Gasteiger charge is -2.31. The van der Waals surface area contributed by atoms with Gasteiger partial charge in [-0.1, -0.05) is 19.3 Å². The van der Waals surface area contributed by atoms with E-state index < -0.39 is 11.7 Å². The van der Waals surface area contributed by atoms with Crippen LogP contribution in [-0.4, -0.2) is 23.5 Å². The fourth-order valence-electron chi connectivity index (χ4n) is 2.95. The lowest BCUT2D eigenvalue weighted by atomic mass is 9.81. The summed E-state index contributed by atoms with van der Waals surface area (Å²) in [6.45, 7) is 5.51. The van der Waals surface area contributed by atoms with E-state index in [0.29, 0.717) is 5.92 Å². The number of hydrogen-bond acceptors (Lipinski definition) is 3. The number of carbonyl (C=O) groups is 2. The van der Waals surface area contributed by atoms with E-state index in [4.69, 9.17) is 4.74 Å². The molecule has 0 radical (unpaired) electrons. The zero-order valence-corrected chi connectivity index (χ0v) is 12.9. The second-order valence-electron chi connectivity index (χ2n) is 7.20. The Morgan fingerprint density at radius 1 is 1.05 bits per heavy atom. The normalized spacial score (nSPS) is 22.1. The van der Waals surface area contributed by atoms with Crippen molar-refractivity contribution < 1.29 is 14.3 Å². The molecular formula is C16H27NO3. The molecule has 0 spiro atoms. The summed E-state index contributed by atoms with van der Waals surface area (Å²) < 4.78 is 5.31. The minimum absolute atomic E-state index is 0.178. The lowest BCUT2D eigenvalue weighted by Crippen LogP contribution is -2.48. The number of ketones is 1. The Labute approximate surface area is 121 Å². The van der Waals surface area contributed by atoms with Crippen LogP contribution in [0.3, 0.4) is 0 Å². The number of carbonyl (C=O) groups excluding carboxylic acids is 2. The van der Waals surface area contributed by atoms with Crippen LogP contribution in [0.15, 0.2) is 0 Å². The van der Waals surface area contributed by atoms with Gasteiger partial charge in [0.1, 0.15) is 5.60 Å². The zero-order valence-electron chi connectivity index (χ0n) is 12.9. The molecule has 2 fully saturated rings. The predicted octanol–water partition coefficient (Wildman–Crippen LogP) is 3.44. The van der Waals surface area contributed by atoms with E-state index >= 15 is 0 Å². The predicted molar refractivity (Wildman–Crippen MR) is 77.5 cm³/mol. The van der Waals surface area contributed by atoms with Gasteiger partial charge in [0.15, 0.2) is 5.78 Å². The van der Waals surface area contributed by atoms with Gasteiger partial charge in [0.05, 0.1) is 6.04 Å². The molecule has 0 aromatic carbocycles. The summed E-state index contributed by atoms with van der Waals surface area (Å²) in [5, 5.41) is 2.85. The maximum Gasteiger partial charge on any atom is 0.408 e. The van der Waals surface area contributed by atoms with Crippen molar-refractivity contribution in [2.75, 3.05) is 0 Å². The summed E-state index contributed by atoms with van der Waals surface area (Å²) in [5.41, 5.74) is -0.524. The summed E-state index contributed by atoms with van der Waals surface area (Å²) >= 11 is 0. The van der Waals surface area contributed by atoms with Gasteiger partial charge in [0, 0.05) is 5.92 Å². The molecule has 0 aromatic heterocycles. The van der Waals surface area contributed by atoms with Gasteiger partial charge < -0.3 is 10.1 Å². The molecule has 0 aromatic rings. The van der Waals surface area contributed by atoms with Crippen molar-refractivity contribution in [3.05, 3.63) is 0 Å². The fourth-order valence-corrected chi connectivity index (χ4v) is 2.95. The molecule has 20 heavy (non-hydrogen) atoms. The number of amides is 1. The van der Waals surface area contributed by atoms with Crippen LogP contribution in [0.2, 0.25) is 0 Å². The summed E-state index contributed by atoms with van der Waals surface area (Å²) in [4.78, 5) is 24.4. The van der Waals surface area contributed by atoms with E-state index in [1.807, 2.05) is 20.8 Å². The van der Waals surface area contributed by atoms with Crippen molar-refractivity contribution in [3.63, 3.8) is 0 Å². The van der Waals surface area contributed by atoms with Crippen molar-refractivity contribution in [2.45, 2.75) is 77.4 Å². The van der Waals surface area contributed by atoms with Crippen molar-refractivity contribution in [2.24, 2.45) is 11.8 Å². The highest BCUT2D eigenvalue weighted by Crippen LogP contribution is 2.35. The Kier molecular flexibility index (Phi) is 4.71. The van der Waals surface area contributed by atoms with Crippen LogP contribution >= 0.6 is 0 Å². The first-order valence-corrected chi connectivity index (χ1v) is 7.90. The average molecular weight is 281 g/mol. The molecule has 4 nitrogen and oxygen atoms in total. The Hall–Kier alpha value is -1.06. The maximum atomic E-state index is 12.4. The second kappa shape index (κ2) is 6.15. The highest BCUT2D eigenvalue weighted by atomic mass is 16.6. The van der Waals surface area contributed by atoms with Crippen LogP contribution in [0.5, 0.6) is 0 Å². The fraction of sp³-hybridized carbons (Fsp3) is 0.875. The summed E-state index contributed by atoms with van der Waals surface area (Å²) in [6, 6.07) is -0.336. The van der Waals surface area contributed by atoms with E-state index in [-0.39, 0.29) is 17.7 Å². The second-order valence-corrected chi connectivity index (χ2v) is 7.20. The van der Waals surface area contributed by atoms with E-state index in [2.05, 4.69) is 5.32 Å². The average Bonchev–Trinajstić information content (AvgIpc) is 3.18. The maximum absolute atomic E-state index is 12.4. The van der Waals surface area contributed by atoms with Crippen molar-refractivity contribution in [3.8, 4) is 0 Å². The molecule has 0 saturated heterocycles. The molecule has 0 aliphatic heterocycles. The molecule has 1 atom stereocenters. The van der Waals surface area contributed by atoms with E-state index in [1.54, 1.807) is 0 Å². The molecule has 0 bridgehead atoms. The first-order chi connectivity index (χ1) is 9.37. The highest BCUT2D eigenvalue weighted by molar-refractivity contribution is 5.91. The number of Topliss-reactive ketones (excluding diaryl/α,β-unsaturated/α-hetero) is 1. The standard InChI is InChI=1S/C16H27NO3/c1-16(2,3)20-15(19)17-13(14(18)12-9-10-12)11-7-5-4-6-8-11/h11-13H,4-10H2,1-3H3,(H,17,19)/t13-/m0/s1. The number of nitrogens with one attached hydrogen (secondary N) is 1. The molecule has 2 saturated carbocycles. The molecular weight excluding hydrogens is 254 g/mol. The lowest BCUT2D eigenvalue weighted by molar-refractivity contribution is -0.123. The van der Waals surface area contributed by atoms with Gasteiger partial charge in [-0.25, -0.2) is 4.79 Å². The minimum Gasteiger partial charge on any atom is -0.444 e. The highest BCUT2D eigenvalue weighted by Gasteiger charge is 2.40.